The van der Waals surface area contributed by atoms with E-state index in [9.17, 15) is 0 Å². The van der Waals surface area contributed by atoms with Crippen molar-refractivity contribution in [2.45, 2.75) is 65.0 Å². The van der Waals surface area contributed by atoms with Crippen LogP contribution in [0.15, 0.2) is 18.2 Å². The second kappa shape index (κ2) is 5.40. The SMILES string of the molecule is CCOC1CC(Nc2ccc(C)cc2C)C12CCCC2. The molecule has 0 aliphatic heterocycles. The summed E-state index contributed by atoms with van der Waals surface area (Å²) in [5.74, 6) is 0. The van der Waals surface area contributed by atoms with E-state index in [0.29, 0.717) is 17.6 Å². The molecule has 0 bridgehead atoms. The van der Waals surface area contributed by atoms with Crippen LogP contribution in [-0.4, -0.2) is 18.8 Å². The molecule has 1 spiro atoms. The second-order valence-corrected chi connectivity index (χ2v) is 6.64. The maximum absolute atomic E-state index is 5.99. The van der Waals surface area contributed by atoms with Crippen molar-refractivity contribution in [1.82, 2.24) is 0 Å². The molecule has 1 N–H and O–H groups in total. The van der Waals surface area contributed by atoms with Gasteiger partial charge in [0, 0.05) is 23.8 Å². The van der Waals surface area contributed by atoms with Gasteiger partial charge in [0.05, 0.1) is 6.10 Å². The van der Waals surface area contributed by atoms with Gasteiger partial charge in [0.2, 0.25) is 0 Å². The maximum Gasteiger partial charge on any atom is 0.0670 e. The van der Waals surface area contributed by atoms with Gasteiger partial charge < -0.3 is 10.1 Å². The summed E-state index contributed by atoms with van der Waals surface area (Å²) in [5.41, 5.74) is 4.41. The minimum atomic E-state index is 0.410. The molecule has 0 saturated heterocycles. The van der Waals surface area contributed by atoms with E-state index in [2.05, 4.69) is 44.3 Å². The van der Waals surface area contributed by atoms with Crippen molar-refractivity contribution in [1.29, 1.82) is 0 Å². The number of rotatable bonds is 4. The number of anilines is 1. The molecule has 0 aromatic heterocycles. The third-order valence-corrected chi connectivity index (χ3v) is 5.40. The Hall–Kier alpha value is -1.02. The van der Waals surface area contributed by atoms with E-state index in [1.165, 1.54) is 48.9 Å². The lowest BCUT2D eigenvalue weighted by atomic mass is 9.60. The van der Waals surface area contributed by atoms with Crippen molar-refractivity contribution in [3.63, 3.8) is 0 Å². The van der Waals surface area contributed by atoms with E-state index >= 15 is 0 Å². The lowest BCUT2D eigenvalue weighted by molar-refractivity contribution is -0.114. The monoisotopic (exact) mass is 273 g/mol. The third-order valence-electron chi connectivity index (χ3n) is 5.40. The summed E-state index contributed by atoms with van der Waals surface area (Å²) in [6.07, 6.45) is 7.06. The second-order valence-electron chi connectivity index (χ2n) is 6.64. The largest absolute Gasteiger partial charge is 0.381 e. The topological polar surface area (TPSA) is 21.3 Å². The lowest BCUT2D eigenvalue weighted by Crippen LogP contribution is -2.60. The van der Waals surface area contributed by atoms with Crippen LogP contribution in [0.5, 0.6) is 0 Å². The Labute approximate surface area is 122 Å². The van der Waals surface area contributed by atoms with Crippen LogP contribution in [0.4, 0.5) is 5.69 Å². The smallest absolute Gasteiger partial charge is 0.0670 e. The van der Waals surface area contributed by atoms with E-state index in [1.54, 1.807) is 0 Å². The summed E-state index contributed by atoms with van der Waals surface area (Å²) in [5, 5.41) is 3.82. The molecule has 2 fully saturated rings. The quantitative estimate of drug-likeness (QED) is 0.875. The highest BCUT2D eigenvalue weighted by Gasteiger charge is 2.56. The van der Waals surface area contributed by atoms with Gasteiger partial charge in [0.1, 0.15) is 0 Å². The fourth-order valence-electron chi connectivity index (χ4n) is 4.25. The Morgan fingerprint density at radius 2 is 2.00 bits per heavy atom. The summed E-state index contributed by atoms with van der Waals surface area (Å²) in [7, 11) is 0. The normalized spacial score (nSPS) is 27.6. The first-order chi connectivity index (χ1) is 9.65. The number of nitrogens with one attached hydrogen (secondary N) is 1. The highest BCUT2D eigenvalue weighted by Crippen LogP contribution is 2.55. The molecular weight excluding hydrogens is 246 g/mol. The molecule has 2 nitrogen and oxygen atoms in total. The van der Waals surface area contributed by atoms with Crippen LogP contribution in [0.1, 0.15) is 50.2 Å². The first-order valence-corrected chi connectivity index (χ1v) is 8.11. The van der Waals surface area contributed by atoms with Gasteiger partial charge in [-0.2, -0.15) is 0 Å². The predicted octanol–water partition coefficient (Wildman–Crippen LogP) is 4.45. The molecular formula is C18H27NO. The molecule has 2 aliphatic rings. The maximum atomic E-state index is 5.99. The Morgan fingerprint density at radius 3 is 2.65 bits per heavy atom. The van der Waals surface area contributed by atoms with E-state index in [0.717, 1.165) is 6.61 Å². The van der Waals surface area contributed by atoms with Gasteiger partial charge in [-0.1, -0.05) is 30.5 Å². The summed E-state index contributed by atoms with van der Waals surface area (Å²) >= 11 is 0. The van der Waals surface area contributed by atoms with Crippen molar-refractivity contribution >= 4 is 5.69 Å². The van der Waals surface area contributed by atoms with E-state index < -0.39 is 0 Å². The van der Waals surface area contributed by atoms with Crippen LogP contribution in [0.2, 0.25) is 0 Å². The Balaban J connectivity index is 1.74. The van der Waals surface area contributed by atoms with Crippen LogP contribution in [0.25, 0.3) is 0 Å². The van der Waals surface area contributed by atoms with Crippen LogP contribution < -0.4 is 5.32 Å². The molecule has 20 heavy (non-hydrogen) atoms. The van der Waals surface area contributed by atoms with Gasteiger partial charge in [-0.05, 0) is 51.7 Å². The zero-order chi connectivity index (χ0) is 14.2. The molecule has 0 amide bonds. The van der Waals surface area contributed by atoms with Gasteiger partial charge >= 0.3 is 0 Å². The number of hydrogen-bond acceptors (Lipinski definition) is 2. The van der Waals surface area contributed by atoms with Gasteiger partial charge in [-0.25, -0.2) is 0 Å². The van der Waals surface area contributed by atoms with Gasteiger partial charge in [0.15, 0.2) is 0 Å². The molecule has 2 unspecified atom stereocenters. The Morgan fingerprint density at radius 1 is 1.25 bits per heavy atom. The predicted molar refractivity (Wildman–Crippen MR) is 84.3 cm³/mol. The summed E-state index contributed by atoms with van der Waals surface area (Å²) in [4.78, 5) is 0. The minimum absolute atomic E-state index is 0.410. The minimum Gasteiger partial charge on any atom is -0.381 e. The average molecular weight is 273 g/mol. The first-order valence-electron chi connectivity index (χ1n) is 8.11. The van der Waals surface area contributed by atoms with Gasteiger partial charge in [-0.3, -0.25) is 0 Å². The average Bonchev–Trinajstić information content (AvgIpc) is 2.92. The zero-order valence-corrected chi connectivity index (χ0v) is 13.0. The molecule has 1 aromatic rings. The molecule has 0 heterocycles. The zero-order valence-electron chi connectivity index (χ0n) is 13.0. The Kier molecular flexibility index (Phi) is 3.76. The molecule has 2 saturated carbocycles. The highest BCUT2D eigenvalue weighted by atomic mass is 16.5. The van der Waals surface area contributed by atoms with Gasteiger partial charge in [-0.15, -0.1) is 0 Å². The number of aryl methyl sites for hydroxylation is 2. The van der Waals surface area contributed by atoms with Crippen molar-refractivity contribution < 1.29 is 4.74 Å². The standard InChI is InChI=1S/C18H27NO/c1-4-20-17-12-16(18(17)9-5-6-10-18)19-15-8-7-13(2)11-14(15)3/h7-8,11,16-17,19H,4-6,9-10,12H2,1-3H3. The number of benzene rings is 1. The Bertz CT molecular complexity index is 476. The van der Waals surface area contributed by atoms with E-state index in [-0.39, 0.29) is 0 Å². The van der Waals surface area contributed by atoms with Crippen molar-refractivity contribution in [3.05, 3.63) is 29.3 Å². The van der Waals surface area contributed by atoms with Crippen LogP contribution in [0, 0.1) is 19.3 Å². The fourth-order valence-corrected chi connectivity index (χ4v) is 4.25. The molecule has 0 radical (unpaired) electrons. The summed E-state index contributed by atoms with van der Waals surface area (Å²) in [6.45, 7) is 7.33. The van der Waals surface area contributed by atoms with E-state index in [4.69, 9.17) is 4.74 Å². The third kappa shape index (κ3) is 2.24. The molecule has 110 valence electrons. The molecule has 3 rings (SSSR count). The number of hydrogen-bond donors (Lipinski definition) is 1. The lowest BCUT2D eigenvalue weighted by Gasteiger charge is -2.54. The highest BCUT2D eigenvalue weighted by molar-refractivity contribution is 5.53. The van der Waals surface area contributed by atoms with Crippen molar-refractivity contribution in [3.8, 4) is 0 Å². The van der Waals surface area contributed by atoms with Gasteiger partial charge in [0.25, 0.3) is 0 Å². The van der Waals surface area contributed by atoms with Crippen LogP contribution in [-0.2, 0) is 4.74 Å². The van der Waals surface area contributed by atoms with Crippen LogP contribution in [0.3, 0.4) is 0 Å². The number of ether oxygens (including phenoxy) is 1. The fraction of sp³-hybridized carbons (Fsp3) is 0.667. The van der Waals surface area contributed by atoms with Crippen molar-refractivity contribution in [2.24, 2.45) is 5.41 Å². The molecule has 1 aromatic carbocycles. The van der Waals surface area contributed by atoms with Crippen molar-refractivity contribution in [2.75, 3.05) is 11.9 Å². The van der Waals surface area contributed by atoms with Crippen LogP contribution >= 0.6 is 0 Å². The molecule has 2 atom stereocenters. The summed E-state index contributed by atoms with van der Waals surface area (Å²) < 4.78 is 5.99. The van der Waals surface area contributed by atoms with E-state index in [1.807, 2.05) is 0 Å². The molecule has 2 aliphatic carbocycles. The first kappa shape index (κ1) is 13.9. The summed E-state index contributed by atoms with van der Waals surface area (Å²) in [6, 6.07) is 7.31. The molecule has 2 heteroatoms.